The number of rotatable bonds is 3. The molecule has 4 rings (SSSR count). The lowest BCUT2D eigenvalue weighted by Crippen LogP contribution is -2.32. The third-order valence-corrected chi connectivity index (χ3v) is 5.20. The topological polar surface area (TPSA) is 95.1 Å². The van der Waals surface area contributed by atoms with Crippen molar-refractivity contribution in [1.82, 2.24) is 24.2 Å². The van der Waals surface area contributed by atoms with Crippen molar-refractivity contribution < 1.29 is 9.32 Å². The van der Waals surface area contributed by atoms with Crippen molar-refractivity contribution in [2.75, 3.05) is 13.1 Å². The Hall–Kier alpha value is -2.87. The van der Waals surface area contributed by atoms with Gasteiger partial charge in [0.15, 0.2) is 5.82 Å². The lowest BCUT2D eigenvalue weighted by Gasteiger charge is -2.16. The Morgan fingerprint density at radius 1 is 1.35 bits per heavy atom. The van der Waals surface area contributed by atoms with Gasteiger partial charge >= 0.3 is 0 Å². The Kier molecular flexibility index (Phi) is 3.91. The van der Waals surface area contributed by atoms with E-state index in [9.17, 15) is 4.79 Å². The molecule has 0 spiro atoms. The van der Waals surface area contributed by atoms with Crippen LogP contribution in [0.5, 0.6) is 0 Å². The van der Waals surface area contributed by atoms with Crippen LogP contribution in [0.25, 0.3) is 5.82 Å². The summed E-state index contributed by atoms with van der Waals surface area (Å²) in [5, 5.41) is 3.98. The molecule has 2 N–H and O–H groups in total. The number of hydrogen-bond donors (Lipinski definition) is 1. The van der Waals surface area contributed by atoms with E-state index in [4.69, 9.17) is 10.3 Å². The monoisotopic (exact) mass is 354 g/mol. The predicted molar refractivity (Wildman–Crippen MR) is 95.1 cm³/mol. The van der Waals surface area contributed by atoms with Gasteiger partial charge in [-0.15, -0.1) is 0 Å². The van der Waals surface area contributed by atoms with Crippen molar-refractivity contribution in [1.29, 1.82) is 0 Å². The zero-order valence-corrected chi connectivity index (χ0v) is 15.1. The third-order valence-electron chi connectivity index (χ3n) is 5.20. The molecule has 0 aromatic carbocycles. The molecule has 1 aliphatic rings. The molecule has 0 bridgehead atoms. The highest BCUT2D eigenvalue weighted by Gasteiger charge is 2.36. The maximum absolute atomic E-state index is 13.1. The minimum Gasteiger partial charge on any atom is -0.363 e. The molecule has 0 unspecified atom stereocenters. The van der Waals surface area contributed by atoms with Crippen LogP contribution in [0.15, 0.2) is 35.4 Å². The second-order valence-electron chi connectivity index (χ2n) is 6.89. The Morgan fingerprint density at radius 3 is 2.81 bits per heavy atom. The zero-order chi connectivity index (χ0) is 18.4. The van der Waals surface area contributed by atoms with Gasteiger partial charge in [-0.1, -0.05) is 5.16 Å². The number of nitrogens with two attached hydrogens (primary N) is 1. The van der Waals surface area contributed by atoms with Gasteiger partial charge in [-0.3, -0.25) is 9.36 Å². The second-order valence-corrected chi connectivity index (χ2v) is 6.89. The first-order valence-corrected chi connectivity index (χ1v) is 8.58. The van der Waals surface area contributed by atoms with Crippen molar-refractivity contribution in [2.45, 2.75) is 25.8 Å². The number of aromatic nitrogens is 4. The van der Waals surface area contributed by atoms with E-state index in [1.54, 1.807) is 12.4 Å². The number of amides is 1. The SMILES string of the molecule is Cc1cc(C(=O)N2C[C@@H](N)[C@H](c3cncn3C)C2)c(C)n1-c1ccon1. The minimum atomic E-state index is -0.103. The molecule has 8 heteroatoms. The molecule has 1 saturated heterocycles. The summed E-state index contributed by atoms with van der Waals surface area (Å²) in [6.07, 6.45) is 5.11. The highest BCUT2D eigenvalue weighted by atomic mass is 16.5. The number of hydrogen-bond acceptors (Lipinski definition) is 5. The molecule has 2 atom stereocenters. The van der Waals surface area contributed by atoms with Gasteiger partial charge in [-0.25, -0.2) is 4.98 Å². The van der Waals surface area contributed by atoms with Crippen LogP contribution in [-0.2, 0) is 7.05 Å². The molecule has 0 saturated carbocycles. The molecule has 1 amide bonds. The lowest BCUT2D eigenvalue weighted by molar-refractivity contribution is 0.0788. The number of aryl methyl sites for hydroxylation is 2. The van der Waals surface area contributed by atoms with Crippen molar-refractivity contribution >= 4 is 5.91 Å². The van der Waals surface area contributed by atoms with Gasteiger partial charge in [0, 0.05) is 61.4 Å². The largest absolute Gasteiger partial charge is 0.363 e. The number of carbonyl (C=O) groups excluding carboxylic acids is 1. The first kappa shape index (κ1) is 16.6. The summed E-state index contributed by atoms with van der Waals surface area (Å²) in [6, 6.07) is 3.57. The van der Waals surface area contributed by atoms with Crippen LogP contribution in [0.2, 0.25) is 0 Å². The summed E-state index contributed by atoms with van der Waals surface area (Å²) < 4.78 is 8.83. The maximum atomic E-state index is 13.1. The van der Waals surface area contributed by atoms with Crippen LogP contribution in [-0.4, -0.2) is 49.2 Å². The van der Waals surface area contributed by atoms with Crippen molar-refractivity contribution in [2.24, 2.45) is 12.8 Å². The molecule has 3 aromatic heterocycles. The van der Waals surface area contributed by atoms with E-state index in [-0.39, 0.29) is 17.9 Å². The molecular formula is C18H22N6O2. The molecule has 1 fully saturated rings. The van der Waals surface area contributed by atoms with E-state index >= 15 is 0 Å². The van der Waals surface area contributed by atoms with Gasteiger partial charge in [0.2, 0.25) is 0 Å². The summed E-state index contributed by atoms with van der Waals surface area (Å²) >= 11 is 0. The average molecular weight is 354 g/mol. The molecule has 136 valence electrons. The number of imidazole rings is 1. The first-order valence-electron chi connectivity index (χ1n) is 8.58. The van der Waals surface area contributed by atoms with E-state index in [0.29, 0.717) is 24.5 Å². The molecule has 0 aliphatic carbocycles. The highest BCUT2D eigenvalue weighted by Crippen LogP contribution is 2.29. The Bertz CT molecular complexity index is 939. The summed E-state index contributed by atoms with van der Waals surface area (Å²) in [5.41, 5.74) is 9.84. The Labute approximate surface area is 151 Å². The molecule has 1 aliphatic heterocycles. The van der Waals surface area contributed by atoms with E-state index < -0.39 is 0 Å². The van der Waals surface area contributed by atoms with Crippen LogP contribution in [0.1, 0.15) is 33.4 Å². The first-order chi connectivity index (χ1) is 12.5. The van der Waals surface area contributed by atoms with Crippen molar-refractivity contribution in [3.05, 3.63) is 53.6 Å². The van der Waals surface area contributed by atoms with E-state index in [1.165, 1.54) is 6.26 Å². The fourth-order valence-corrected chi connectivity index (χ4v) is 3.86. The summed E-state index contributed by atoms with van der Waals surface area (Å²) in [6.45, 7) is 4.99. The smallest absolute Gasteiger partial charge is 0.255 e. The average Bonchev–Trinajstić information content (AvgIpc) is 3.36. The van der Waals surface area contributed by atoms with Gasteiger partial charge in [0.25, 0.3) is 5.91 Å². The molecule has 4 heterocycles. The Balaban J connectivity index is 1.61. The summed E-state index contributed by atoms with van der Waals surface area (Å²) in [5.74, 6) is 0.753. The zero-order valence-electron chi connectivity index (χ0n) is 15.1. The number of nitrogens with zero attached hydrogens (tertiary/aromatic N) is 5. The minimum absolute atomic E-state index is 0.00652. The lowest BCUT2D eigenvalue weighted by atomic mass is 10.0. The van der Waals surface area contributed by atoms with E-state index in [0.717, 1.165) is 17.1 Å². The van der Waals surface area contributed by atoms with Crippen LogP contribution in [0.4, 0.5) is 0 Å². The highest BCUT2D eigenvalue weighted by molar-refractivity contribution is 5.96. The fraction of sp³-hybridized carbons (Fsp3) is 0.389. The quantitative estimate of drug-likeness (QED) is 0.767. The summed E-state index contributed by atoms with van der Waals surface area (Å²) in [4.78, 5) is 19.1. The van der Waals surface area contributed by atoms with Gasteiger partial charge in [-0.05, 0) is 19.9 Å². The van der Waals surface area contributed by atoms with Crippen molar-refractivity contribution in [3.8, 4) is 5.82 Å². The number of carbonyl (C=O) groups is 1. The molecule has 8 nitrogen and oxygen atoms in total. The van der Waals surface area contributed by atoms with E-state index in [2.05, 4.69) is 10.1 Å². The Morgan fingerprint density at radius 2 is 2.15 bits per heavy atom. The normalized spacial score (nSPS) is 20.1. The maximum Gasteiger partial charge on any atom is 0.255 e. The van der Waals surface area contributed by atoms with Crippen molar-refractivity contribution in [3.63, 3.8) is 0 Å². The third kappa shape index (κ3) is 2.53. The van der Waals surface area contributed by atoms with Crippen LogP contribution in [0.3, 0.4) is 0 Å². The van der Waals surface area contributed by atoms with Gasteiger partial charge in [0.1, 0.15) is 6.26 Å². The second kappa shape index (κ2) is 6.14. The van der Waals surface area contributed by atoms with Gasteiger partial charge in [0.05, 0.1) is 11.9 Å². The molecular weight excluding hydrogens is 332 g/mol. The summed E-state index contributed by atoms with van der Waals surface area (Å²) in [7, 11) is 1.95. The molecule has 3 aromatic rings. The number of likely N-dealkylation sites (tertiary alicyclic amines) is 1. The molecule has 0 radical (unpaired) electrons. The van der Waals surface area contributed by atoms with Gasteiger partial charge < -0.3 is 19.7 Å². The van der Waals surface area contributed by atoms with Crippen LogP contribution >= 0.6 is 0 Å². The van der Waals surface area contributed by atoms with E-state index in [1.807, 2.05) is 47.2 Å². The van der Waals surface area contributed by atoms with Gasteiger partial charge in [-0.2, -0.15) is 0 Å². The fourth-order valence-electron chi connectivity index (χ4n) is 3.86. The predicted octanol–water partition coefficient (Wildman–Crippen LogP) is 1.38. The standard InChI is InChI=1S/C18H22N6O2/c1-11-6-13(12(2)24(11)17-4-5-26-21-17)18(25)23-8-14(15(19)9-23)16-7-20-10-22(16)3/h4-7,10,14-15H,8-9,19H2,1-3H3/t14-,15-/m1/s1. The van der Waals surface area contributed by atoms with Crippen LogP contribution in [0, 0.1) is 13.8 Å². The van der Waals surface area contributed by atoms with Crippen LogP contribution < -0.4 is 5.73 Å². The molecule has 26 heavy (non-hydrogen) atoms.